The van der Waals surface area contributed by atoms with E-state index in [0.717, 1.165) is 25.9 Å². The van der Waals surface area contributed by atoms with E-state index in [1.165, 1.54) is 191 Å². The van der Waals surface area contributed by atoms with Crippen LogP contribution in [0.4, 0.5) is 4.79 Å². The Labute approximate surface area is 287 Å². The second-order valence-electron chi connectivity index (χ2n) is 15.1. The van der Waals surface area contributed by atoms with Crippen molar-refractivity contribution in [3.05, 3.63) is 35.4 Å². The van der Waals surface area contributed by atoms with Crippen LogP contribution >= 0.6 is 0 Å². The number of rotatable bonds is 30. The Morgan fingerprint density at radius 1 is 0.478 bits per heavy atom. The van der Waals surface area contributed by atoms with Gasteiger partial charge in [-0.1, -0.05) is 218 Å². The molecule has 0 aliphatic carbocycles. The Morgan fingerprint density at radius 3 is 0.957 bits per heavy atom. The summed E-state index contributed by atoms with van der Waals surface area (Å²) in [6.45, 7) is 6.15. The van der Waals surface area contributed by atoms with Gasteiger partial charge in [0.25, 0.3) is 0 Å². The molecule has 2 aliphatic heterocycles. The predicted molar refractivity (Wildman–Crippen MR) is 203 cm³/mol. The summed E-state index contributed by atoms with van der Waals surface area (Å²) in [6.07, 6.45) is 41.3. The van der Waals surface area contributed by atoms with Gasteiger partial charge >= 0.3 is 6.03 Å². The number of hydrogen-bond donors (Lipinski definition) is 1. The molecule has 2 amide bonds. The first-order chi connectivity index (χ1) is 22.7. The monoisotopic (exact) mass is 639 g/mol. The van der Waals surface area contributed by atoms with Crippen LogP contribution in [0.15, 0.2) is 24.3 Å². The fraction of sp³-hybridized carbons (Fsp3) is 0.837. The molecule has 2 unspecified atom stereocenters. The van der Waals surface area contributed by atoms with Gasteiger partial charge in [0.05, 0.1) is 0 Å². The lowest BCUT2D eigenvalue weighted by Gasteiger charge is -2.28. The molecule has 2 atom stereocenters. The van der Waals surface area contributed by atoms with Gasteiger partial charge < -0.3 is 10.6 Å². The van der Waals surface area contributed by atoms with E-state index in [2.05, 4.69) is 38.1 Å². The molecular weight excluding hydrogens is 560 g/mol. The zero-order valence-electron chi connectivity index (χ0n) is 31.0. The third-order valence-electron chi connectivity index (χ3n) is 10.9. The number of fused-ring (bicyclic) bond motifs is 6. The summed E-state index contributed by atoms with van der Waals surface area (Å²) < 4.78 is 0. The van der Waals surface area contributed by atoms with Crippen LogP contribution in [-0.4, -0.2) is 24.0 Å². The van der Waals surface area contributed by atoms with Crippen molar-refractivity contribution in [1.82, 2.24) is 4.90 Å². The maximum Gasteiger partial charge on any atom is 0.314 e. The smallest absolute Gasteiger partial charge is 0.314 e. The zero-order valence-corrected chi connectivity index (χ0v) is 31.0. The van der Waals surface area contributed by atoms with E-state index < -0.39 is 0 Å². The molecule has 0 radical (unpaired) electrons. The van der Waals surface area contributed by atoms with Crippen molar-refractivity contribution in [3.8, 4) is 0 Å². The summed E-state index contributed by atoms with van der Waals surface area (Å²) in [5.74, 6) is 0.803. The Bertz CT molecular complexity index is 760. The van der Waals surface area contributed by atoms with Crippen LogP contribution in [0.3, 0.4) is 0 Å². The van der Waals surface area contributed by atoms with Crippen LogP contribution in [0.25, 0.3) is 0 Å². The van der Waals surface area contributed by atoms with Crippen LogP contribution in [0.5, 0.6) is 0 Å². The van der Waals surface area contributed by atoms with Gasteiger partial charge in [-0.2, -0.15) is 0 Å². The molecule has 3 nitrogen and oxygen atoms in total. The molecule has 266 valence electrons. The fourth-order valence-electron chi connectivity index (χ4n) is 7.72. The number of hydrogen-bond acceptors (Lipinski definition) is 1. The van der Waals surface area contributed by atoms with Crippen molar-refractivity contribution in [1.29, 1.82) is 0 Å². The number of nitrogens with two attached hydrogens (primary N) is 1. The number of unbranched alkanes of at least 4 members (excludes halogenated alkanes) is 26. The highest BCUT2D eigenvalue weighted by molar-refractivity contribution is 5.72. The van der Waals surface area contributed by atoms with Gasteiger partial charge in [0.1, 0.15) is 0 Å². The van der Waals surface area contributed by atoms with Crippen LogP contribution in [0.2, 0.25) is 0 Å². The third-order valence-corrected chi connectivity index (χ3v) is 10.9. The summed E-state index contributed by atoms with van der Waals surface area (Å²) in [6, 6.07) is 9.18. The normalized spacial score (nSPS) is 16.4. The minimum atomic E-state index is -0.237. The first-order valence-electron chi connectivity index (χ1n) is 20.8. The minimum Gasteiger partial charge on any atom is -0.351 e. The fourth-order valence-corrected chi connectivity index (χ4v) is 7.72. The van der Waals surface area contributed by atoms with Crippen LogP contribution in [0.1, 0.15) is 229 Å². The summed E-state index contributed by atoms with van der Waals surface area (Å²) in [5.41, 5.74) is 8.74. The zero-order chi connectivity index (χ0) is 32.9. The number of benzene rings is 1. The van der Waals surface area contributed by atoms with Gasteiger partial charge in [-0.3, -0.25) is 0 Å². The molecule has 0 saturated carbocycles. The van der Waals surface area contributed by atoms with E-state index in [9.17, 15) is 4.79 Å². The number of urea groups is 1. The molecule has 0 fully saturated rings. The molecule has 3 heteroatoms. The molecule has 0 aromatic heterocycles. The van der Waals surface area contributed by atoms with E-state index in [0.29, 0.717) is 11.8 Å². The molecule has 2 N–H and O–H groups in total. The standard InChI is InChI=1S/C43H78N2O/c1-3-5-7-9-11-13-15-17-19-21-23-25-27-29-31-41-37-45(43(44)46)38-42(40-35-33-39(41)34-36-40)32-30-28-26-24-22-20-18-16-14-12-10-8-6-4-2/h33-36,41-42H,3-32,37-38H2,1-2H3,(H2,44,46). The van der Waals surface area contributed by atoms with Crippen molar-refractivity contribution < 1.29 is 4.79 Å². The average molecular weight is 639 g/mol. The molecule has 2 bridgehead atoms. The molecule has 2 heterocycles. The van der Waals surface area contributed by atoms with Gasteiger partial charge in [-0.05, 0) is 24.0 Å². The van der Waals surface area contributed by atoms with Gasteiger partial charge in [-0.25, -0.2) is 4.79 Å². The summed E-state index contributed by atoms with van der Waals surface area (Å²) in [5, 5.41) is 0. The van der Waals surface area contributed by atoms with E-state index in [1.807, 2.05) is 4.90 Å². The number of amides is 2. The first kappa shape index (κ1) is 40.7. The Balaban J connectivity index is 1.58. The Kier molecular flexibility index (Phi) is 25.2. The maximum absolute atomic E-state index is 12.5. The topological polar surface area (TPSA) is 46.3 Å². The van der Waals surface area contributed by atoms with Crippen molar-refractivity contribution in [3.63, 3.8) is 0 Å². The molecule has 2 aliphatic rings. The van der Waals surface area contributed by atoms with E-state index in [4.69, 9.17) is 5.73 Å². The Morgan fingerprint density at radius 2 is 0.717 bits per heavy atom. The second-order valence-corrected chi connectivity index (χ2v) is 15.1. The third kappa shape index (κ3) is 20.0. The molecule has 3 rings (SSSR count). The van der Waals surface area contributed by atoms with E-state index >= 15 is 0 Å². The molecule has 0 saturated heterocycles. The summed E-state index contributed by atoms with van der Waals surface area (Å²) >= 11 is 0. The lowest BCUT2D eigenvalue weighted by atomic mass is 9.90. The van der Waals surface area contributed by atoms with Crippen molar-refractivity contribution in [2.45, 2.75) is 218 Å². The quantitative estimate of drug-likeness (QED) is 0.0837. The van der Waals surface area contributed by atoms with Gasteiger partial charge in [0.15, 0.2) is 0 Å². The van der Waals surface area contributed by atoms with Crippen LogP contribution in [-0.2, 0) is 0 Å². The minimum absolute atomic E-state index is 0.237. The molecule has 46 heavy (non-hydrogen) atoms. The highest BCUT2D eigenvalue weighted by Crippen LogP contribution is 2.32. The average Bonchev–Trinajstić information content (AvgIpc) is 3.18. The SMILES string of the molecule is CCCCCCCCCCCCCCCCC1CN(C(N)=O)CC(CCCCCCCCCCCCCCCC)c2ccc1cc2. The lowest BCUT2D eigenvalue weighted by Crippen LogP contribution is -2.40. The van der Waals surface area contributed by atoms with Gasteiger partial charge in [0.2, 0.25) is 0 Å². The van der Waals surface area contributed by atoms with Crippen LogP contribution in [0, 0.1) is 0 Å². The molecule has 1 aromatic carbocycles. The first-order valence-corrected chi connectivity index (χ1v) is 20.8. The maximum atomic E-state index is 12.5. The van der Waals surface area contributed by atoms with Gasteiger partial charge in [-0.15, -0.1) is 0 Å². The number of carbonyl (C=O) groups excluding carboxylic acids is 1. The number of carbonyl (C=O) groups is 1. The van der Waals surface area contributed by atoms with Crippen LogP contribution < -0.4 is 5.73 Å². The van der Waals surface area contributed by atoms with Crippen molar-refractivity contribution in [2.24, 2.45) is 5.73 Å². The van der Waals surface area contributed by atoms with Crippen molar-refractivity contribution >= 4 is 6.03 Å². The van der Waals surface area contributed by atoms with Crippen molar-refractivity contribution in [2.75, 3.05) is 13.1 Å². The molecular formula is C43H78N2O. The summed E-state index contributed by atoms with van der Waals surface area (Å²) in [4.78, 5) is 14.5. The number of nitrogens with zero attached hydrogens (tertiary/aromatic N) is 1. The predicted octanol–water partition coefficient (Wildman–Crippen LogP) is 14.0. The molecule has 0 spiro atoms. The highest BCUT2D eigenvalue weighted by Gasteiger charge is 2.25. The lowest BCUT2D eigenvalue weighted by molar-refractivity contribution is 0.197. The molecule has 1 aromatic rings. The largest absolute Gasteiger partial charge is 0.351 e. The summed E-state index contributed by atoms with van der Waals surface area (Å²) in [7, 11) is 0. The van der Waals surface area contributed by atoms with E-state index in [1.54, 1.807) is 0 Å². The van der Waals surface area contributed by atoms with E-state index in [-0.39, 0.29) is 6.03 Å². The Hall–Kier alpha value is -1.51. The highest BCUT2D eigenvalue weighted by atomic mass is 16.2. The van der Waals surface area contributed by atoms with Gasteiger partial charge in [0, 0.05) is 24.9 Å². The second kappa shape index (κ2) is 28.5. The number of primary amides is 1.